The van der Waals surface area contributed by atoms with Crippen molar-refractivity contribution in [2.45, 2.75) is 45.1 Å². The topological polar surface area (TPSA) is 17.8 Å². The van der Waals surface area contributed by atoms with E-state index in [1.165, 1.54) is 32.1 Å². The molecule has 1 heterocycles. The first kappa shape index (κ1) is 14.2. The van der Waals surface area contributed by atoms with Crippen molar-refractivity contribution in [1.29, 1.82) is 0 Å². The smallest absolute Gasteiger partial charge is 0.0951 e. The van der Waals surface area contributed by atoms with E-state index in [0.29, 0.717) is 6.04 Å². The molecular formula is C12H21ClN2. The second kappa shape index (κ2) is 8.54. The van der Waals surface area contributed by atoms with Crippen LogP contribution in [0.15, 0.2) is 31.4 Å². The number of allylic oxidation sites excluding steroid dienone is 1. The van der Waals surface area contributed by atoms with Gasteiger partial charge >= 0.3 is 0 Å². The van der Waals surface area contributed by atoms with Crippen molar-refractivity contribution in [1.82, 2.24) is 9.55 Å². The standard InChI is InChI=1S/C12H20N2.ClH/c1-3-5-6-7-8-12(4-2)14-10-9-13-11-14;/h4,9-12H,2-3,5-8H2,1H3;1H. The lowest BCUT2D eigenvalue weighted by molar-refractivity contribution is 0.511. The summed E-state index contributed by atoms with van der Waals surface area (Å²) in [6.07, 6.45) is 14.1. The van der Waals surface area contributed by atoms with Crippen LogP contribution in [0, 0.1) is 0 Å². The molecule has 0 spiro atoms. The maximum absolute atomic E-state index is 4.05. The van der Waals surface area contributed by atoms with E-state index >= 15 is 0 Å². The van der Waals surface area contributed by atoms with E-state index in [-0.39, 0.29) is 12.4 Å². The van der Waals surface area contributed by atoms with E-state index < -0.39 is 0 Å². The molecule has 0 aliphatic rings. The van der Waals surface area contributed by atoms with Gasteiger partial charge in [-0.2, -0.15) is 0 Å². The number of nitrogens with zero attached hydrogens (tertiary/aromatic N) is 2. The van der Waals surface area contributed by atoms with E-state index in [4.69, 9.17) is 0 Å². The fraction of sp³-hybridized carbons (Fsp3) is 0.583. The van der Waals surface area contributed by atoms with Crippen LogP contribution in [0.3, 0.4) is 0 Å². The number of halogens is 1. The van der Waals surface area contributed by atoms with E-state index in [1.807, 2.05) is 24.8 Å². The summed E-state index contributed by atoms with van der Waals surface area (Å²) in [5.41, 5.74) is 0. The first-order valence-electron chi connectivity index (χ1n) is 5.48. The first-order chi connectivity index (χ1) is 6.88. The SMILES string of the molecule is C=CC(CCCCCC)n1ccnc1.Cl. The average Bonchev–Trinajstić information content (AvgIpc) is 2.71. The van der Waals surface area contributed by atoms with Crippen LogP contribution in [-0.4, -0.2) is 9.55 Å². The third kappa shape index (κ3) is 5.03. The summed E-state index contributed by atoms with van der Waals surface area (Å²) in [7, 11) is 0. The van der Waals surface area contributed by atoms with Gasteiger partial charge in [0.05, 0.1) is 12.4 Å². The Hall–Kier alpha value is -0.760. The zero-order valence-electron chi connectivity index (χ0n) is 9.43. The Bertz CT molecular complexity index is 244. The number of imidazole rings is 1. The van der Waals surface area contributed by atoms with Crippen LogP contribution < -0.4 is 0 Å². The van der Waals surface area contributed by atoms with Crippen LogP contribution in [0.2, 0.25) is 0 Å². The van der Waals surface area contributed by atoms with Crippen LogP contribution in [-0.2, 0) is 0 Å². The van der Waals surface area contributed by atoms with Gasteiger partial charge in [-0.05, 0) is 6.42 Å². The molecule has 1 aromatic rings. The summed E-state index contributed by atoms with van der Waals surface area (Å²) in [5.74, 6) is 0. The van der Waals surface area contributed by atoms with Crippen LogP contribution in [0.4, 0.5) is 0 Å². The van der Waals surface area contributed by atoms with Crippen molar-refractivity contribution in [3.63, 3.8) is 0 Å². The van der Waals surface area contributed by atoms with Crippen molar-refractivity contribution >= 4 is 12.4 Å². The molecular weight excluding hydrogens is 208 g/mol. The second-order valence-corrected chi connectivity index (χ2v) is 3.66. The maximum atomic E-state index is 4.05. The maximum Gasteiger partial charge on any atom is 0.0951 e. The highest BCUT2D eigenvalue weighted by atomic mass is 35.5. The molecule has 0 N–H and O–H groups in total. The summed E-state index contributed by atoms with van der Waals surface area (Å²) in [6.45, 7) is 6.10. The minimum Gasteiger partial charge on any atom is -0.331 e. The number of hydrogen-bond donors (Lipinski definition) is 0. The molecule has 0 saturated heterocycles. The minimum atomic E-state index is 0. The molecule has 0 radical (unpaired) electrons. The van der Waals surface area contributed by atoms with Crippen molar-refractivity contribution in [3.8, 4) is 0 Å². The van der Waals surface area contributed by atoms with Gasteiger partial charge in [0.1, 0.15) is 0 Å². The molecule has 0 saturated carbocycles. The summed E-state index contributed by atoms with van der Waals surface area (Å²) in [5, 5.41) is 0. The average molecular weight is 229 g/mol. The number of aromatic nitrogens is 2. The Kier molecular flexibility index (Phi) is 8.11. The highest BCUT2D eigenvalue weighted by Crippen LogP contribution is 2.16. The van der Waals surface area contributed by atoms with E-state index in [0.717, 1.165) is 0 Å². The fourth-order valence-corrected chi connectivity index (χ4v) is 1.63. The molecule has 1 unspecified atom stereocenters. The van der Waals surface area contributed by atoms with Gasteiger partial charge in [0.2, 0.25) is 0 Å². The van der Waals surface area contributed by atoms with E-state index in [1.54, 1.807) is 0 Å². The van der Waals surface area contributed by atoms with Crippen molar-refractivity contribution in [3.05, 3.63) is 31.4 Å². The third-order valence-electron chi connectivity index (χ3n) is 2.53. The molecule has 0 aromatic carbocycles. The van der Waals surface area contributed by atoms with Gasteiger partial charge in [-0.25, -0.2) is 4.98 Å². The van der Waals surface area contributed by atoms with Gasteiger partial charge in [-0.1, -0.05) is 38.7 Å². The Morgan fingerprint density at radius 2 is 2.20 bits per heavy atom. The molecule has 0 fully saturated rings. The van der Waals surface area contributed by atoms with Gasteiger partial charge in [0, 0.05) is 12.4 Å². The van der Waals surface area contributed by atoms with Crippen molar-refractivity contribution < 1.29 is 0 Å². The molecule has 0 aliphatic heterocycles. The van der Waals surface area contributed by atoms with E-state index in [9.17, 15) is 0 Å². The summed E-state index contributed by atoms with van der Waals surface area (Å²) in [6, 6.07) is 0.425. The third-order valence-corrected chi connectivity index (χ3v) is 2.53. The lowest BCUT2D eigenvalue weighted by Gasteiger charge is -2.13. The van der Waals surface area contributed by atoms with Crippen LogP contribution in [0.1, 0.15) is 45.1 Å². The summed E-state index contributed by atoms with van der Waals surface area (Å²) in [4.78, 5) is 4.05. The lowest BCUT2D eigenvalue weighted by atomic mass is 10.1. The Morgan fingerprint density at radius 1 is 1.40 bits per heavy atom. The molecule has 86 valence electrons. The zero-order chi connectivity index (χ0) is 10.2. The van der Waals surface area contributed by atoms with Gasteiger partial charge in [-0.15, -0.1) is 19.0 Å². The first-order valence-corrected chi connectivity index (χ1v) is 5.48. The molecule has 2 nitrogen and oxygen atoms in total. The molecule has 15 heavy (non-hydrogen) atoms. The Balaban J connectivity index is 0.00000196. The quantitative estimate of drug-likeness (QED) is 0.510. The molecule has 0 amide bonds. The van der Waals surface area contributed by atoms with Crippen LogP contribution >= 0.6 is 12.4 Å². The largest absolute Gasteiger partial charge is 0.331 e. The summed E-state index contributed by atoms with van der Waals surface area (Å²) < 4.78 is 2.12. The molecule has 0 bridgehead atoms. The fourth-order valence-electron chi connectivity index (χ4n) is 1.63. The zero-order valence-corrected chi connectivity index (χ0v) is 10.2. The normalized spacial score (nSPS) is 11.8. The lowest BCUT2D eigenvalue weighted by Crippen LogP contribution is -2.03. The highest BCUT2D eigenvalue weighted by molar-refractivity contribution is 5.85. The Labute approximate surface area is 98.8 Å². The molecule has 1 aromatic heterocycles. The van der Waals surface area contributed by atoms with Gasteiger partial charge in [0.25, 0.3) is 0 Å². The predicted octanol–water partition coefficient (Wildman–Crippen LogP) is 4.00. The number of unbranched alkanes of at least 4 members (excludes halogenated alkanes) is 3. The molecule has 3 heteroatoms. The Morgan fingerprint density at radius 3 is 2.73 bits per heavy atom. The van der Waals surface area contributed by atoms with Gasteiger partial charge in [-0.3, -0.25) is 0 Å². The van der Waals surface area contributed by atoms with E-state index in [2.05, 4.69) is 23.1 Å². The second-order valence-electron chi connectivity index (χ2n) is 3.66. The van der Waals surface area contributed by atoms with Gasteiger partial charge < -0.3 is 4.57 Å². The molecule has 1 atom stereocenters. The number of rotatable bonds is 7. The van der Waals surface area contributed by atoms with Crippen molar-refractivity contribution in [2.24, 2.45) is 0 Å². The van der Waals surface area contributed by atoms with Gasteiger partial charge in [0.15, 0.2) is 0 Å². The monoisotopic (exact) mass is 228 g/mol. The van der Waals surface area contributed by atoms with Crippen LogP contribution in [0.5, 0.6) is 0 Å². The minimum absolute atomic E-state index is 0. The van der Waals surface area contributed by atoms with Crippen molar-refractivity contribution in [2.75, 3.05) is 0 Å². The molecule has 0 aliphatic carbocycles. The number of hydrogen-bond acceptors (Lipinski definition) is 1. The van der Waals surface area contributed by atoms with Crippen LogP contribution in [0.25, 0.3) is 0 Å². The molecule has 1 rings (SSSR count). The summed E-state index contributed by atoms with van der Waals surface area (Å²) >= 11 is 0. The predicted molar refractivity (Wildman–Crippen MR) is 67.5 cm³/mol. The highest BCUT2D eigenvalue weighted by Gasteiger charge is 2.04.